The van der Waals surface area contributed by atoms with E-state index in [0.717, 1.165) is 18.6 Å². The molecular weight excluding hydrogens is 236 g/mol. The van der Waals surface area contributed by atoms with Crippen molar-refractivity contribution in [3.63, 3.8) is 0 Å². The normalized spacial score (nSPS) is 15.5. The van der Waals surface area contributed by atoms with Crippen molar-refractivity contribution in [1.29, 1.82) is 0 Å². The van der Waals surface area contributed by atoms with Gasteiger partial charge in [0.05, 0.1) is 4.90 Å². The van der Waals surface area contributed by atoms with Crippen LogP contribution in [0.1, 0.15) is 12.8 Å². The first-order valence-corrected chi connectivity index (χ1v) is 7.28. The first-order chi connectivity index (χ1) is 8.05. The number of sulfone groups is 1. The summed E-state index contributed by atoms with van der Waals surface area (Å²) in [6.45, 7) is 0. The van der Waals surface area contributed by atoms with E-state index < -0.39 is 9.84 Å². The number of benzene rings is 1. The third-order valence-corrected chi connectivity index (χ3v) is 3.57. The van der Waals surface area contributed by atoms with Gasteiger partial charge in [-0.2, -0.15) is 0 Å². The van der Waals surface area contributed by atoms with Gasteiger partial charge >= 0.3 is 0 Å². The molecular formula is C13H14O3S. The number of hydrogen-bond acceptors (Lipinski definition) is 3. The lowest BCUT2D eigenvalue weighted by atomic mass is 10.2. The fourth-order valence-electron chi connectivity index (χ4n) is 1.59. The minimum Gasteiger partial charge on any atom is -0.462 e. The Hall–Kier alpha value is -1.55. The van der Waals surface area contributed by atoms with Crippen LogP contribution in [-0.4, -0.2) is 14.7 Å². The average molecular weight is 250 g/mol. The molecule has 0 heterocycles. The van der Waals surface area contributed by atoms with Gasteiger partial charge in [-0.05, 0) is 30.7 Å². The molecule has 2 rings (SSSR count). The molecule has 4 heteroatoms. The van der Waals surface area contributed by atoms with E-state index in [1.807, 2.05) is 12.2 Å². The predicted octanol–water partition coefficient (Wildman–Crippen LogP) is 2.70. The highest BCUT2D eigenvalue weighted by Crippen LogP contribution is 2.22. The minimum absolute atomic E-state index is 0.280. The summed E-state index contributed by atoms with van der Waals surface area (Å²) in [5, 5.41) is 0. The summed E-state index contributed by atoms with van der Waals surface area (Å²) < 4.78 is 28.4. The zero-order chi connectivity index (χ0) is 12.3. The number of hydrogen-bond donors (Lipinski definition) is 0. The van der Waals surface area contributed by atoms with E-state index in [1.165, 1.54) is 6.26 Å². The fraction of sp³-hybridized carbons (Fsp3) is 0.231. The Morgan fingerprint density at radius 2 is 2.12 bits per heavy atom. The Morgan fingerprint density at radius 1 is 1.29 bits per heavy atom. The van der Waals surface area contributed by atoms with Crippen molar-refractivity contribution in [1.82, 2.24) is 0 Å². The van der Waals surface area contributed by atoms with Crippen LogP contribution in [0.15, 0.2) is 53.1 Å². The zero-order valence-electron chi connectivity index (χ0n) is 9.59. The van der Waals surface area contributed by atoms with Crippen LogP contribution in [0.4, 0.5) is 0 Å². The monoisotopic (exact) mass is 250 g/mol. The van der Waals surface area contributed by atoms with Crippen LogP contribution in [0.3, 0.4) is 0 Å². The van der Waals surface area contributed by atoms with Crippen LogP contribution >= 0.6 is 0 Å². The number of ether oxygens (including phenoxy) is 1. The van der Waals surface area contributed by atoms with Crippen molar-refractivity contribution < 1.29 is 13.2 Å². The summed E-state index contributed by atoms with van der Waals surface area (Å²) in [5.74, 6) is 1.42. The van der Waals surface area contributed by atoms with E-state index in [9.17, 15) is 8.42 Å². The molecule has 0 atom stereocenters. The highest BCUT2D eigenvalue weighted by atomic mass is 32.2. The quantitative estimate of drug-likeness (QED) is 0.828. The van der Waals surface area contributed by atoms with Crippen molar-refractivity contribution in [2.75, 3.05) is 6.26 Å². The molecule has 1 aliphatic rings. The second-order valence-corrected chi connectivity index (χ2v) is 5.96. The number of rotatable bonds is 3. The first kappa shape index (κ1) is 11.9. The summed E-state index contributed by atoms with van der Waals surface area (Å²) in [6.07, 6.45) is 8.90. The highest BCUT2D eigenvalue weighted by Gasteiger charge is 2.09. The van der Waals surface area contributed by atoms with Gasteiger partial charge in [0.2, 0.25) is 0 Å². The molecule has 90 valence electrons. The van der Waals surface area contributed by atoms with E-state index in [2.05, 4.69) is 6.08 Å². The van der Waals surface area contributed by atoms with Crippen molar-refractivity contribution in [3.8, 4) is 5.75 Å². The first-order valence-electron chi connectivity index (χ1n) is 5.39. The molecule has 0 amide bonds. The van der Waals surface area contributed by atoms with Gasteiger partial charge < -0.3 is 4.74 Å². The third kappa shape index (κ3) is 3.20. The van der Waals surface area contributed by atoms with Crippen LogP contribution in [0.25, 0.3) is 0 Å². The second kappa shape index (κ2) is 4.75. The van der Waals surface area contributed by atoms with E-state index in [0.29, 0.717) is 5.75 Å². The van der Waals surface area contributed by atoms with Crippen LogP contribution in [0, 0.1) is 0 Å². The van der Waals surface area contributed by atoms with Gasteiger partial charge in [0.1, 0.15) is 11.5 Å². The molecule has 0 fully saturated rings. The molecule has 0 aromatic heterocycles. The maximum atomic E-state index is 11.4. The Morgan fingerprint density at radius 3 is 2.76 bits per heavy atom. The summed E-state index contributed by atoms with van der Waals surface area (Å²) in [7, 11) is -3.18. The Bertz CT molecular complexity index is 568. The molecule has 0 radical (unpaired) electrons. The molecule has 1 aromatic carbocycles. The molecule has 17 heavy (non-hydrogen) atoms. The third-order valence-electron chi connectivity index (χ3n) is 2.46. The van der Waals surface area contributed by atoms with Gasteiger partial charge in [-0.1, -0.05) is 18.2 Å². The molecule has 0 N–H and O–H groups in total. The van der Waals surface area contributed by atoms with Crippen LogP contribution in [0.2, 0.25) is 0 Å². The van der Waals surface area contributed by atoms with Crippen molar-refractivity contribution >= 4 is 9.84 Å². The van der Waals surface area contributed by atoms with Gasteiger partial charge in [-0.3, -0.25) is 0 Å². The van der Waals surface area contributed by atoms with Gasteiger partial charge in [0.25, 0.3) is 0 Å². The molecule has 1 aromatic rings. The zero-order valence-corrected chi connectivity index (χ0v) is 10.4. The topological polar surface area (TPSA) is 43.4 Å². The van der Waals surface area contributed by atoms with Gasteiger partial charge in [-0.15, -0.1) is 0 Å². The highest BCUT2D eigenvalue weighted by molar-refractivity contribution is 7.90. The molecule has 0 spiro atoms. The fourth-order valence-corrected chi connectivity index (χ4v) is 2.24. The predicted molar refractivity (Wildman–Crippen MR) is 66.6 cm³/mol. The van der Waals surface area contributed by atoms with Crippen molar-refractivity contribution in [3.05, 3.63) is 48.3 Å². The summed E-state index contributed by atoms with van der Waals surface area (Å²) in [6, 6.07) is 6.56. The standard InChI is InChI=1S/C13H14O3S/c1-17(14,15)13-9-5-8-12(10-13)16-11-6-3-2-4-7-11/h2-3,5-6,8-10H,4,7H2,1H3. The maximum Gasteiger partial charge on any atom is 0.175 e. The van der Waals surface area contributed by atoms with Gasteiger partial charge in [0.15, 0.2) is 9.84 Å². The van der Waals surface area contributed by atoms with E-state index in [-0.39, 0.29) is 4.90 Å². The lowest BCUT2D eigenvalue weighted by Gasteiger charge is -2.11. The molecule has 0 saturated heterocycles. The van der Waals surface area contributed by atoms with Crippen LogP contribution < -0.4 is 4.74 Å². The van der Waals surface area contributed by atoms with Crippen molar-refractivity contribution in [2.45, 2.75) is 17.7 Å². The number of allylic oxidation sites excluding steroid dienone is 4. The van der Waals surface area contributed by atoms with E-state index in [4.69, 9.17) is 4.74 Å². The minimum atomic E-state index is -3.18. The Balaban J connectivity index is 2.22. The Labute approximate surface area is 101 Å². The Kier molecular flexibility index (Phi) is 3.33. The molecule has 0 bridgehead atoms. The van der Waals surface area contributed by atoms with E-state index >= 15 is 0 Å². The largest absolute Gasteiger partial charge is 0.462 e. The van der Waals surface area contributed by atoms with Gasteiger partial charge in [0, 0.05) is 12.7 Å². The molecule has 0 saturated carbocycles. The van der Waals surface area contributed by atoms with E-state index in [1.54, 1.807) is 24.3 Å². The maximum absolute atomic E-state index is 11.4. The second-order valence-electron chi connectivity index (χ2n) is 3.95. The summed E-state index contributed by atoms with van der Waals surface area (Å²) in [4.78, 5) is 0.280. The van der Waals surface area contributed by atoms with Crippen LogP contribution in [-0.2, 0) is 9.84 Å². The summed E-state index contributed by atoms with van der Waals surface area (Å²) >= 11 is 0. The van der Waals surface area contributed by atoms with Crippen LogP contribution in [0.5, 0.6) is 5.75 Å². The lowest BCUT2D eigenvalue weighted by molar-refractivity contribution is 0.401. The SMILES string of the molecule is CS(=O)(=O)c1cccc(OC2=CC=CCC2)c1. The molecule has 0 unspecified atom stereocenters. The lowest BCUT2D eigenvalue weighted by Crippen LogP contribution is -2.00. The molecule has 0 aliphatic heterocycles. The average Bonchev–Trinajstić information content (AvgIpc) is 2.29. The molecule has 3 nitrogen and oxygen atoms in total. The summed E-state index contributed by atoms with van der Waals surface area (Å²) in [5.41, 5.74) is 0. The molecule has 1 aliphatic carbocycles. The van der Waals surface area contributed by atoms with Crippen molar-refractivity contribution in [2.24, 2.45) is 0 Å². The smallest absolute Gasteiger partial charge is 0.175 e. The van der Waals surface area contributed by atoms with Gasteiger partial charge in [-0.25, -0.2) is 8.42 Å².